The average molecular weight is 654 g/mol. The molecule has 0 unspecified atom stereocenters. The topological polar surface area (TPSA) is 87.2 Å². The van der Waals surface area contributed by atoms with Gasteiger partial charge in [0.15, 0.2) is 17.3 Å². The Morgan fingerprint density at radius 2 is 1.82 bits per heavy atom. The summed E-state index contributed by atoms with van der Waals surface area (Å²) in [5.41, 5.74) is 4.23. The minimum Gasteiger partial charge on any atom is -0.494 e. The Labute approximate surface area is 273 Å². The molecule has 3 aliphatic rings. The number of halogens is 1. The molecule has 0 bridgehead atoms. The largest absolute Gasteiger partial charge is 0.494 e. The number of piperidine rings is 1. The van der Waals surface area contributed by atoms with Crippen LogP contribution in [-0.2, 0) is 6.42 Å². The van der Waals surface area contributed by atoms with Crippen molar-refractivity contribution in [3.05, 3.63) is 41.0 Å². The molecule has 2 fully saturated rings. The molecule has 3 aromatic rings. The van der Waals surface area contributed by atoms with E-state index in [0.29, 0.717) is 42.1 Å². The highest BCUT2D eigenvalue weighted by molar-refractivity contribution is 7.64. The quantitative estimate of drug-likeness (QED) is 0.272. The van der Waals surface area contributed by atoms with Crippen LogP contribution >= 0.6 is 19.5 Å². The first-order valence-electron chi connectivity index (χ1n) is 15.8. The lowest BCUT2D eigenvalue weighted by Crippen LogP contribution is -2.62. The van der Waals surface area contributed by atoms with Crippen molar-refractivity contribution in [3.8, 4) is 17.2 Å². The Balaban J connectivity index is 1.19. The molecule has 0 amide bonds. The summed E-state index contributed by atoms with van der Waals surface area (Å²) in [4.78, 5) is 16.8. The molecule has 0 atom stereocenters. The summed E-state index contributed by atoms with van der Waals surface area (Å²) in [6.07, 6.45) is 4.89. The van der Waals surface area contributed by atoms with Gasteiger partial charge in [0.05, 0.1) is 24.7 Å². The number of anilines is 5. The molecule has 2 N–H and O–H groups in total. The number of benzene rings is 2. The Kier molecular flexibility index (Phi) is 9.76. The van der Waals surface area contributed by atoms with Crippen molar-refractivity contribution in [2.75, 3.05) is 89.5 Å². The van der Waals surface area contributed by atoms with Gasteiger partial charge in [0.2, 0.25) is 5.95 Å². The standard InChI is InChI=1S/C33H45ClN7O3P/c1-7-21-16-26(29(42-4)17-27(21)40-12-10-22(11-13-40)41-19-23(20-41)39(2)3)37-33-35-18-24(34)32(38-33)36-25-8-9-28-30(31(25)45(5)6)44-15-14-43-28/h8-9,16-18,22-23H,7,10-15,19-20H2,1-6H3,(H2,35,36,37,38). The number of aromatic nitrogens is 2. The number of aryl methyl sites for hydroxylation is 1. The van der Waals surface area contributed by atoms with Crippen LogP contribution < -0.4 is 35.0 Å². The van der Waals surface area contributed by atoms with Gasteiger partial charge in [-0.2, -0.15) is 4.98 Å². The van der Waals surface area contributed by atoms with Gasteiger partial charge in [0.1, 0.15) is 24.0 Å². The van der Waals surface area contributed by atoms with Gasteiger partial charge in [0.25, 0.3) is 0 Å². The minimum atomic E-state index is -0.508. The summed E-state index contributed by atoms with van der Waals surface area (Å²) < 4.78 is 17.7. The zero-order chi connectivity index (χ0) is 31.7. The first-order chi connectivity index (χ1) is 21.7. The third kappa shape index (κ3) is 6.75. The summed E-state index contributed by atoms with van der Waals surface area (Å²) >= 11 is 6.60. The normalized spacial score (nSPS) is 17.5. The van der Waals surface area contributed by atoms with Gasteiger partial charge < -0.3 is 34.6 Å². The molecule has 0 aliphatic carbocycles. The van der Waals surface area contributed by atoms with Gasteiger partial charge in [-0.25, -0.2) is 4.98 Å². The fourth-order valence-electron chi connectivity index (χ4n) is 6.45. The molecule has 2 aromatic carbocycles. The maximum Gasteiger partial charge on any atom is 0.229 e. The molecule has 0 saturated carbocycles. The number of nitrogens with one attached hydrogen (secondary N) is 2. The number of ether oxygens (including phenoxy) is 3. The maximum atomic E-state index is 6.60. The predicted molar refractivity (Wildman–Crippen MR) is 186 cm³/mol. The Bertz CT molecular complexity index is 1510. The van der Waals surface area contributed by atoms with Crippen molar-refractivity contribution in [2.24, 2.45) is 0 Å². The fourth-order valence-corrected chi connectivity index (χ4v) is 7.78. The van der Waals surface area contributed by atoms with E-state index in [1.165, 1.54) is 37.2 Å². The number of hydrogen-bond donors (Lipinski definition) is 2. The highest BCUT2D eigenvalue weighted by Crippen LogP contribution is 2.42. The molecular weight excluding hydrogens is 609 g/mol. The summed E-state index contributed by atoms with van der Waals surface area (Å²) in [5.74, 6) is 3.26. The number of likely N-dealkylation sites (tertiary alicyclic amines) is 1. The van der Waals surface area contributed by atoms with Gasteiger partial charge in [-0.15, -0.1) is 0 Å². The smallest absolute Gasteiger partial charge is 0.229 e. The van der Waals surface area contributed by atoms with Crippen molar-refractivity contribution < 1.29 is 14.2 Å². The van der Waals surface area contributed by atoms with Crippen molar-refractivity contribution in [1.82, 2.24) is 19.8 Å². The van der Waals surface area contributed by atoms with Crippen molar-refractivity contribution in [3.63, 3.8) is 0 Å². The van der Waals surface area contributed by atoms with Crippen LogP contribution in [0.15, 0.2) is 30.5 Å². The second-order valence-corrected chi connectivity index (χ2v) is 15.0. The van der Waals surface area contributed by atoms with Crippen LogP contribution in [0, 0.1) is 0 Å². The van der Waals surface area contributed by atoms with E-state index in [1.54, 1.807) is 13.3 Å². The van der Waals surface area contributed by atoms with Gasteiger partial charge >= 0.3 is 0 Å². The Morgan fingerprint density at radius 3 is 2.51 bits per heavy atom. The van der Waals surface area contributed by atoms with Gasteiger partial charge in [-0.05, 0) is 70.5 Å². The fraction of sp³-hybridized carbons (Fsp3) is 0.515. The second-order valence-electron chi connectivity index (χ2n) is 12.3. The molecule has 242 valence electrons. The van der Waals surface area contributed by atoms with Crippen LogP contribution in [-0.4, -0.2) is 106 Å². The van der Waals surface area contributed by atoms with Gasteiger partial charge in [0, 0.05) is 55.3 Å². The van der Waals surface area contributed by atoms with E-state index in [-0.39, 0.29) is 0 Å². The number of rotatable bonds is 10. The number of hydrogen-bond acceptors (Lipinski definition) is 10. The van der Waals surface area contributed by atoms with E-state index in [4.69, 9.17) is 30.8 Å². The lowest BCUT2D eigenvalue weighted by Gasteiger charge is -2.49. The van der Waals surface area contributed by atoms with Crippen molar-refractivity contribution in [1.29, 1.82) is 0 Å². The van der Waals surface area contributed by atoms with Gasteiger partial charge in [-0.3, -0.25) is 4.90 Å². The molecule has 2 saturated heterocycles. The predicted octanol–water partition coefficient (Wildman–Crippen LogP) is 5.54. The molecule has 0 spiro atoms. The monoisotopic (exact) mass is 653 g/mol. The molecule has 3 aliphatic heterocycles. The highest BCUT2D eigenvalue weighted by atomic mass is 35.5. The summed E-state index contributed by atoms with van der Waals surface area (Å²) in [7, 11) is 5.57. The number of nitrogens with zero attached hydrogens (tertiary/aromatic N) is 5. The lowest BCUT2D eigenvalue weighted by molar-refractivity contribution is 0.0188. The van der Waals surface area contributed by atoms with Crippen LogP contribution in [0.3, 0.4) is 0 Å². The van der Waals surface area contributed by atoms with Crippen LogP contribution in [0.2, 0.25) is 5.02 Å². The Morgan fingerprint density at radius 1 is 1.07 bits per heavy atom. The molecule has 10 nitrogen and oxygen atoms in total. The summed E-state index contributed by atoms with van der Waals surface area (Å²) in [6, 6.07) is 9.63. The lowest BCUT2D eigenvalue weighted by atomic mass is 9.96. The second kappa shape index (κ2) is 13.8. The third-order valence-corrected chi connectivity index (χ3v) is 10.7. The number of fused-ring (bicyclic) bond motifs is 1. The van der Waals surface area contributed by atoms with Crippen LogP contribution in [0.5, 0.6) is 17.2 Å². The molecule has 6 rings (SSSR count). The highest BCUT2D eigenvalue weighted by Gasteiger charge is 2.35. The van der Waals surface area contributed by atoms with E-state index in [2.05, 4.69) is 76.8 Å². The van der Waals surface area contributed by atoms with Crippen LogP contribution in [0.4, 0.5) is 28.8 Å². The van der Waals surface area contributed by atoms with Crippen LogP contribution in [0.1, 0.15) is 25.3 Å². The maximum absolute atomic E-state index is 6.60. The van der Waals surface area contributed by atoms with E-state index in [1.807, 2.05) is 12.1 Å². The molecule has 1 aromatic heterocycles. The van der Waals surface area contributed by atoms with Gasteiger partial charge in [-0.1, -0.05) is 26.4 Å². The van der Waals surface area contributed by atoms with Crippen molar-refractivity contribution >= 4 is 53.7 Å². The zero-order valence-corrected chi connectivity index (χ0v) is 28.8. The van der Waals surface area contributed by atoms with Crippen molar-refractivity contribution in [2.45, 2.75) is 38.3 Å². The molecule has 0 radical (unpaired) electrons. The molecular formula is C33H45ClN7O3P. The SMILES string of the molecule is CCc1cc(Nc2ncc(Cl)c(Nc3ccc4c(c3P(C)C)OCCO4)n2)c(OC)cc1N1CCC(N2CC(N(C)C)C2)CC1. The number of likely N-dealkylation sites (N-methyl/N-ethyl adjacent to an activating group) is 1. The molecule has 12 heteroatoms. The van der Waals surface area contributed by atoms with E-state index in [9.17, 15) is 0 Å². The average Bonchev–Trinajstić information content (AvgIpc) is 3.01. The molecule has 45 heavy (non-hydrogen) atoms. The zero-order valence-electron chi connectivity index (χ0n) is 27.2. The number of methoxy groups -OCH3 is 1. The third-order valence-electron chi connectivity index (χ3n) is 9.10. The first kappa shape index (κ1) is 31.9. The van der Waals surface area contributed by atoms with E-state index >= 15 is 0 Å². The van der Waals surface area contributed by atoms with Crippen LogP contribution in [0.25, 0.3) is 0 Å². The first-order valence-corrected chi connectivity index (χ1v) is 18.4. The Hall–Kier alpha value is -3.04. The van der Waals surface area contributed by atoms with E-state index in [0.717, 1.165) is 53.4 Å². The summed E-state index contributed by atoms with van der Waals surface area (Å²) in [6.45, 7) is 12.1. The van der Waals surface area contributed by atoms with E-state index < -0.39 is 7.92 Å². The summed E-state index contributed by atoms with van der Waals surface area (Å²) in [5, 5.41) is 8.36. The minimum absolute atomic E-state index is 0.424. The molecule has 4 heterocycles.